The lowest BCUT2D eigenvalue weighted by atomic mass is 10.2. The van der Waals surface area contributed by atoms with Crippen LogP contribution >= 0.6 is 0 Å². The molecule has 0 spiro atoms. The number of benzene rings is 1. The van der Waals surface area contributed by atoms with Crippen molar-refractivity contribution in [3.8, 4) is 5.75 Å². The lowest BCUT2D eigenvalue weighted by Gasteiger charge is -2.08. The summed E-state index contributed by atoms with van der Waals surface area (Å²) in [6, 6.07) is 4.43. The number of alkyl halides is 3. The highest BCUT2D eigenvalue weighted by molar-refractivity contribution is 6.02. The molecule has 4 N–H and O–H groups in total. The van der Waals surface area contributed by atoms with Crippen LogP contribution in [0.3, 0.4) is 0 Å². The molecule has 92 valence electrons. The molecule has 0 fully saturated rings. The molecule has 0 aliphatic carbocycles. The topological polar surface area (TPSA) is 90.7 Å². The highest BCUT2D eigenvalue weighted by atomic mass is 19.4. The van der Waals surface area contributed by atoms with Gasteiger partial charge in [-0.15, -0.1) is 13.2 Å². The highest BCUT2D eigenvalue weighted by Gasteiger charge is 2.31. The largest absolute Gasteiger partial charge is 0.573 e. The molecule has 0 saturated heterocycles. The maximum atomic E-state index is 11.9. The van der Waals surface area contributed by atoms with Crippen LogP contribution in [0.5, 0.6) is 5.75 Å². The Kier molecular flexibility index (Phi) is 3.56. The second kappa shape index (κ2) is 4.73. The standard InChI is InChI=1S/C9H8F3N3O2/c10-9(11,12)17-6-3-1-2-5(4-6)7(16)15-8(13)14/h1-4H,(H4,13,14,15,16). The molecule has 17 heavy (non-hydrogen) atoms. The normalized spacial score (nSPS) is 10.8. The molecule has 0 saturated carbocycles. The van der Waals surface area contributed by atoms with Crippen molar-refractivity contribution >= 4 is 11.9 Å². The van der Waals surface area contributed by atoms with Crippen molar-refractivity contribution in [1.29, 1.82) is 0 Å². The summed E-state index contributed by atoms with van der Waals surface area (Å²) in [7, 11) is 0. The second-order valence-corrected chi connectivity index (χ2v) is 2.92. The van der Waals surface area contributed by atoms with Crippen LogP contribution in [0.15, 0.2) is 29.3 Å². The molecule has 1 amide bonds. The number of amides is 1. The third-order valence-corrected chi connectivity index (χ3v) is 1.55. The van der Waals surface area contributed by atoms with Gasteiger partial charge in [-0.25, -0.2) is 0 Å². The average molecular weight is 247 g/mol. The van der Waals surface area contributed by atoms with E-state index in [1.165, 1.54) is 12.1 Å². The molecule has 5 nitrogen and oxygen atoms in total. The van der Waals surface area contributed by atoms with Gasteiger partial charge in [0.05, 0.1) is 0 Å². The van der Waals surface area contributed by atoms with Gasteiger partial charge in [-0.3, -0.25) is 4.79 Å². The summed E-state index contributed by atoms with van der Waals surface area (Å²) in [6.07, 6.45) is -4.82. The van der Waals surface area contributed by atoms with E-state index in [1.54, 1.807) is 0 Å². The average Bonchev–Trinajstić information content (AvgIpc) is 2.14. The zero-order valence-electron chi connectivity index (χ0n) is 8.36. The minimum absolute atomic E-state index is 0.111. The van der Waals surface area contributed by atoms with E-state index in [4.69, 9.17) is 11.5 Å². The van der Waals surface area contributed by atoms with E-state index < -0.39 is 24.0 Å². The van der Waals surface area contributed by atoms with Crippen LogP contribution in [0.2, 0.25) is 0 Å². The van der Waals surface area contributed by atoms with Gasteiger partial charge in [0.2, 0.25) is 0 Å². The van der Waals surface area contributed by atoms with Crippen LogP contribution in [0.1, 0.15) is 10.4 Å². The van der Waals surface area contributed by atoms with Gasteiger partial charge in [0, 0.05) is 5.56 Å². The molecule has 0 bridgehead atoms. The Labute approximate surface area is 93.9 Å². The molecule has 1 rings (SSSR count). The first-order chi connectivity index (χ1) is 7.78. The third kappa shape index (κ3) is 4.41. The molecule has 1 aromatic carbocycles. The van der Waals surface area contributed by atoms with Gasteiger partial charge in [-0.1, -0.05) is 6.07 Å². The number of hydrogen-bond acceptors (Lipinski definition) is 2. The van der Waals surface area contributed by atoms with E-state index in [0.29, 0.717) is 0 Å². The maximum Gasteiger partial charge on any atom is 0.573 e. The molecule has 0 aliphatic rings. The summed E-state index contributed by atoms with van der Waals surface area (Å²) >= 11 is 0. The summed E-state index contributed by atoms with van der Waals surface area (Å²) in [5.74, 6) is -1.84. The molecule has 0 aliphatic heterocycles. The quantitative estimate of drug-likeness (QED) is 0.602. The summed E-state index contributed by atoms with van der Waals surface area (Å²) < 4.78 is 39.4. The summed E-state index contributed by atoms with van der Waals surface area (Å²) in [6.45, 7) is 0. The van der Waals surface area contributed by atoms with Crippen molar-refractivity contribution < 1.29 is 22.7 Å². The van der Waals surface area contributed by atoms with Crippen LogP contribution in [0.4, 0.5) is 13.2 Å². The number of carbonyl (C=O) groups excluding carboxylic acids is 1. The maximum absolute atomic E-state index is 11.9. The lowest BCUT2D eigenvalue weighted by Crippen LogP contribution is -2.24. The predicted octanol–water partition coefficient (Wildman–Crippen LogP) is 0.999. The number of carbonyl (C=O) groups is 1. The first kappa shape index (κ1) is 12.8. The molecule has 0 atom stereocenters. The van der Waals surface area contributed by atoms with Gasteiger partial charge in [0.1, 0.15) is 5.75 Å². The van der Waals surface area contributed by atoms with Gasteiger partial charge in [-0.05, 0) is 18.2 Å². The molecular formula is C9H8F3N3O2. The number of guanidine groups is 1. The molecule has 0 aromatic heterocycles. The number of rotatable bonds is 2. The van der Waals surface area contributed by atoms with Crippen LogP contribution in [-0.2, 0) is 0 Å². The number of nitrogens with zero attached hydrogens (tertiary/aromatic N) is 1. The first-order valence-electron chi connectivity index (χ1n) is 4.28. The number of hydrogen-bond donors (Lipinski definition) is 2. The Hall–Kier alpha value is -2.25. The summed E-state index contributed by atoms with van der Waals surface area (Å²) in [4.78, 5) is 14.5. The van der Waals surface area contributed by atoms with Crippen molar-refractivity contribution in [3.05, 3.63) is 29.8 Å². The van der Waals surface area contributed by atoms with Crippen LogP contribution in [0, 0.1) is 0 Å². The lowest BCUT2D eigenvalue weighted by molar-refractivity contribution is -0.274. The summed E-state index contributed by atoms with van der Waals surface area (Å²) in [5.41, 5.74) is 9.82. The Balaban J connectivity index is 2.94. The van der Waals surface area contributed by atoms with E-state index in [0.717, 1.165) is 12.1 Å². The van der Waals surface area contributed by atoms with Crippen molar-refractivity contribution in [2.24, 2.45) is 16.5 Å². The minimum atomic E-state index is -4.82. The van der Waals surface area contributed by atoms with Crippen LogP contribution < -0.4 is 16.2 Å². The number of aliphatic imine (C=N–C) groups is 1. The van der Waals surface area contributed by atoms with Gasteiger partial charge in [-0.2, -0.15) is 4.99 Å². The van der Waals surface area contributed by atoms with Gasteiger partial charge < -0.3 is 16.2 Å². The minimum Gasteiger partial charge on any atom is -0.406 e. The molecule has 0 radical (unpaired) electrons. The van der Waals surface area contributed by atoms with E-state index in [9.17, 15) is 18.0 Å². The van der Waals surface area contributed by atoms with Gasteiger partial charge in [0.25, 0.3) is 5.91 Å². The number of halogens is 3. The SMILES string of the molecule is NC(N)=NC(=O)c1cccc(OC(F)(F)F)c1. The van der Waals surface area contributed by atoms with Crippen LogP contribution in [-0.4, -0.2) is 18.2 Å². The fourth-order valence-electron chi connectivity index (χ4n) is 1.01. The first-order valence-corrected chi connectivity index (χ1v) is 4.28. The molecule has 8 heteroatoms. The Morgan fingerprint density at radius 3 is 2.47 bits per heavy atom. The van der Waals surface area contributed by atoms with E-state index >= 15 is 0 Å². The highest BCUT2D eigenvalue weighted by Crippen LogP contribution is 2.23. The zero-order valence-corrected chi connectivity index (χ0v) is 8.36. The number of ether oxygens (including phenoxy) is 1. The Morgan fingerprint density at radius 1 is 1.29 bits per heavy atom. The van der Waals surface area contributed by atoms with Gasteiger partial charge >= 0.3 is 6.36 Å². The van der Waals surface area contributed by atoms with Gasteiger partial charge in [0.15, 0.2) is 5.96 Å². The van der Waals surface area contributed by atoms with Crippen LogP contribution in [0.25, 0.3) is 0 Å². The Bertz CT molecular complexity index is 453. The summed E-state index contributed by atoms with van der Waals surface area (Å²) in [5, 5.41) is 0. The van der Waals surface area contributed by atoms with E-state index in [1.807, 2.05) is 0 Å². The zero-order chi connectivity index (χ0) is 13.1. The Morgan fingerprint density at radius 2 is 1.94 bits per heavy atom. The molecule has 1 aromatic rings. The molecule has 0 unspecified atom stereocenters. The molecular weight excluding hydrogens is 239 g/mol. The fourth-order valence-corrected chi connectivity index (χ4v) is 1.01. The van der Waals surface area contributed by atoms with Crippen molar-refractivity contribution in [2.45, 2.75) is 6.36 Å². The fraction of sp³-hybridized carbons (Fsp3) is 0.111. The monoisotopic (exact) mass is 247 g/mol. The molecule has 0 heterocycles. The smallest absolute Gasteiger partial charge is 0.406 e. The van der Waals surface area contributed by atoms with Crippen molar-refractivity contribution in [3.63, 3.8) is 0 Å². The predicted molar refractivity (Wildman–Crippen MR) is 53.3 cm³/mol. The van der Waals surface area contributed by atoms with E-state index in [2.05, 4.69) is 9.73 Å². The second-order valence-electron chi connectivity index (χ2n) is 2.92. The van der Waals surface area contributed by atoms with Crippen molar-refractivity contribution in [1.82, 2.24) is 0 Å². The third-order valence-electron chi connectivity index (χ3n) is 1.55. The van der Waals surface area contributed by atoms with E-state index in [-0.39, 0.29) is 5.56 Å². The van der Waals surface area contributed by atoms with Crippen molar-refractivity contribution in [2.75, 3.05) is 0 Å². The number of nitrogens with two attached hydrogens (primary N) is 2.